The Morgan fingerprint density at radius 2 is 1.74 bits per heavy atom. The van der Waals surface area contributed by atoms with Gasteiger partial charge in [0.1, 0.15) is 5.82 Å². The maximum atomic E-state index is 4.40. The van der Waals surface area contributed by atoms with Crippen LogP contribution >= 0.6 is 0 Å². The van der Waals surface area contributed by atoms with Crippen molar-refractivity contribution in [3.63, 3.8) is 0 Å². The van der Waals surface area contributed by atoms with E-state index >= 15 is 0 Å². The van der Waals surface area contributed by atoms with Crippen molar-refractivity contribution in [2.75, 3.05) is 0 Å². The summed E-state index contributed by atoms with van der Waals surface area (Å²) in [5.41, 5.74) is 3.17. The lowest BCUT2D eigenvalue weighted by atomic mass is 10.1. The molecule has 1 aromatic carbocycles. The molecule has 0 radical (unpaired) electrons. The Balaban J connectivity index is 2.02. The van der Waals surface area contributed by atoms with Gasteiger partial charge in [-0.2, -0.15) is 5.10 Å². The molecule has 0 aliphatic carbocycles. The summed E-state index contributed by atoms with van der Waals surface area (Å²) in [6, 6.07) is 12.1. The first kappa shape index (κ1) is 11.6. The van der Waals surface area contributed by atoms with E-state index in [1.807, 2.05) is 50.5 Å². The van der Waals surface area contributed by atoms with Gasteiger partial charge in [0.05, 0.1) is 6.20 Å². The van der Waals surface area contributed by atoms with Gasteiger partial charge in [-0.05, 0) is 19.4 Å². The molecule has 0 N–H and O–H groups in total. The second kappa shape index (κ2) is 4.65. The number of rotatable bonds is 2. The summed E-state index contributed by atoms with van der Waals surface area (Å²) in [7, 11) is 0. The van der Waals surface area contributed by atoms with Crippen LogP contribution in [-0.2, 0) is 0 Å². The van der Waals surface area contributed by atoms with E-state index in [-0.39, 0.29) is 0 Å². The normalized spacial score (nSPS) is 10.6. The van der Waals surface area contributed by atoms with Crippen molar-refractivity contribution >= 4 is 0 Å². The van der Waals surface area contributed by atoms with E-state index < -0.39 is 0 Å². The minimum atomic E-state index is 0.756. The molecule has 0 fully saturated rings. The number of hydrogen-bond acceptors (Lipinski definition) is 3. The van der Waals surface area contributed by atoms with Gasteiger partial charge in [0, 0.05) is 23.5 Å². The standard InChI is InChI=1S/C15H14N4/c1-11-8-15(18-12(2)17-11)19-10-14(9-16-19)13-6-4-3-5-7-13/h3-10H,1-2H3. The molecule has 2 heterocycles. The minimum absolute atomic E-state index is 0.756. The maximum Gasteiger partial charge on any atom is 0.157 e. The number of aromatic nitrogens is 4. The van der Waals surface area contributed by atoms with Crippen molar-refractivity contribution < 1.29 is 0 Å². The molecule has 0 atom stereocenters. The number of benzene rings is 1. The van der Waals surface area contributed by atoms with Crippen molar-refractivity contribution in [1.82, 2.24) is 19.7 Å². The minimum Gasteiger partial charge on any atom is -0.238 e. The lowest BCUT2D eigenvalue weighted by molar-refractivity contribution is 0.822. The highest BCUT2D eigenvalue weighted by atomic mass is 15.3. The van der Waals surface area contributed by atoms with E-state index in [9.17, 15) is 0 Å². The zero-order valence-electron chi connectivity index (χ0n) is 10.9. The van der Waals surface area contributed by atoms with Crippen molar-refractivity contribution in [2.45, 2.75) is 13.8 Å². The molecule has 2 aromatic heterocycles. The highest BCUT2D eigenvalue weighted by Crippen LogP contribution is 2.19. The number of nitrogens with zero attached hydrogens (tertiary/aromatic N) is 4. The molecule has 0 spiro atoms. The third-order valence-electron chi connectivity index (χ3n) is 2.88. The average molecular weight is 250 g/mol. The first-order chi connectivity index (χ1) is 9.22. The van der Waals surface area contributed by atoms with Crippen LogP contribution in [0.5, 0.6) is 0 Å². The zero-order chi connectivity index (χ0) is 13.2. The van der Waals surface area contributed by atoms with Crippen LogP contribution in [0.15, 0.2) is 48.8 Å². The van der Waals surface area contributed by atoms with E-state index in [4.69, 9.17) is 0 Å². The van der Waals surface area contributed by atoms with Gasteiger partial charge in [0.25, 0.3) is 0 Å². The fraction of sp³-hybridized carbons (Fsp3) is 0.133. The van der Waals surface area contributed by atoms with Crippen LogP contribution in [0.25, 0.3) is 16.9 Å². The van der Waals surface area contributed by atoms with Crippen LogP contribution in [0.2, 0.25) is 0 Å². The first-order valence-corrected chi connectivity index (χ1v) is 6.15. The fourth-order valence-corrected chi connectivity index (χ4v) is 2.04. The zero-order valence-corrected chi connectivity index (χ0v) is 10.9. The fourth-order valence-electron chi connectivity index (χ4n) is 2.04. The number of aryl methyl sites for hydroxylation is 2. The highest BCUT2D eigenvalue weighted by molar-refractivity contribution is 5.61. The molecule has 19 heavy (non-hydrogen) atoms. The summed E-state index contributed by atoms with van der Waals surface area (Å²) in [5.74, 6) is 1.55. The lowest BCUT2D eigenvalue weighted by Gasteiger charge is -2.02. The van der Waals surface area contributed by atoms with Gasteiger partial charge >= 0.3 is 0 Å². The SMILES string of the molecule is Cc1cc(-n2cc(-c3ccccc3)cn2)nc(C)n1. The molecule has 4 nitrogen and oxygen atoms in total. The van der Waals surface area contributed by atoms with Gasteiger partial charge in [-0.3, -0.25) is 0 Å². The van der Waals surface area contributed by atoms with E-state index in [1.165, 1.54) is 0 Å². The molecule has 0 aliphatic rings. The second-order valence-corrected chi connectivity index (χ2v) is 4.45. The van der Waals surface area contributed by atoms with E-state index in [0.29, 0.717) is 0 Å². The molecule has 0 aliphatic heterocycles. The van der Waals surface area contributed by atoms with E-state index in [2.05, 4.69) is 27.2 Å². The number of hydrogen-bond donors (Lipinski definition) is 0. The smallest absolute Gasteiger partial charge is 0.157 e. The Bertz CT molecular complexity index is 681. The molecule has 3 rings (SSSR count). The molecular weight excluding hydrogens is 236 g/mol. The Hall–Kier alpha value is -2.49. The van der Waals surface area contributed by atoms with Gasteiger partial charge in [0.15, 0.2) is 5.82 Å². The van der Waals surface area contributed by atoms with Crippen molar-refractivity contribution in [3.8, 4) is 16.9 Å². The van der Waals surface area contributed by atoms with Gasteiger partial charge < -0.3 is 0 Å². The topological polar surface area (TPSA) is 43.6 Å². The van der Waals surface area contributed by atoms with Crippen molar-refractivity contribution in [1.29, 1.82) is 0 Å². The Labute approximate surface area is 111 Å². The summed E-state index contributed by atoms with van der Waals surface area (Å²) < 4.78 is 1.78. The highest BCUT2D eigenvalue weighted by Gasteiger charge is 2.05. The Morgan fingerprint density at radius 3 is 2.47 bits per heavy atom. The predicted molar refractivity (Wildman–Crippen MR) is 74.1 cm³/mol. The molecule has 0 unspecified atom stereocenters. The third kappa shape index (κ3) is 2.38. The lowest BCUT2D eigenvalue weighted by Crippen LogP contribution is -2.02. The summed E-state index contributed by atoms with van der Waals surface area (Å²) in [5, 5.41) is 4.37. The summed E-state index contributed by atoms with van der Waals surface area (Å²) >= 11 is 0. The van der Waals surface area contributed by atoms with Crippen molar-refractivity contribution in [2.24, 2.45) is 0 Å². The molecule has 94 valence electrons. The summed E-state index contributed by atoms with van der Waals surface area (Å²) in [6.45, 7) is 3.85. The van der Waals surface area contributed by atoms with E-state index in [0.717, 1.165) is 28.5 Å². The van der Waals surface area contributed by atoms with Crippen LogP contribution in [0.3, 0.4) is 0 Å². The van der Waals surface area contributed by atoms with Gasteiger partial charge in [-0.1, -0.05) is 30.3 Å². The molecule has 4 heteroatoms. The molecule has 0 saturated heterocycles. The Morgan fingerprint density at radius 1 is 0.947 bits per heavy atom. The first-order valence-electron chi connectivity index (χ1n) is 6.15. The monoisotopic (exact) mass is 250 g/mol. The molecule has 0 bridgehead atoms. The predicted octanol–water partition coefficient (Wildman–Crippen LogP) is 2.95. The van der Waals surface area contributed by atoms with Gasteiger partial charge in [0.2, 0.25) is 0 Å². The third-order valence-corrected chi connectivity index (χ3v) is 2.88. The van der Waals surface area contributed by atoms with Crippen LogP contribution in [0.1, 0.15) is 11.5 Å². The van der Waals surface area contributed by atoms with Crippen LogP contribution in [0, 0.1) is 13.8 Å². The van der Waals surface area contributed by atoms with Gasteiger partial charge in [-0.15, -0.1) is 0 Å². The molecule has 3 aromatic rings. The summed E-state index contributed by atoms with van der Waals surface area (Å²) in [4.78, 5) is 8.67. The molecule has 0 amide bonds. The largest absolute Gasteiger partial charge is 0.238 e. The van der Waals surface area contributed by atoms with Crippen LogP contribution in [-0.4, -0.2) is 19.7 Å². The van der Waals surface area contributed by atoms with Crippen molar-refractivity contribution in [3.05, 3.63) is 60.3 Å². The Kier molecular flexibility index (Phi) is 2.83. The second-order valence-electron chi connectivity index (χ2n) is 4.45. The summed E-state index contributed by atoms with van der Waals surface area (Å²) in [6.07, 6.45) is 3.83. The average Bonchev–Trinajstić information content (AvgIpc) is 2.88. The molecule has 0 saturated carbocycles. The molecular formula is C15H14N4. The quantitative estimate of drug-likeness (QED) is 0.702. The van der Waals surface area contributed by atoms with Crippen LogP contribution in [0.4, 0.5) is 0 Å². The van der Waals surface area contributed by atoms with Gasteiger partial charge in [-0.25, -0.2) is 14.6 Å². The maximum absolute atomic E-state index is 4.40. The van der Waals surface area contributed by atoms with Crippen LogP contribution < -0.4 is 0 Å². The van der Waals surface area contributed by atoms with E-state index in [1.54, 1.807) is 4.68 Å².